The summed E-state index contributed by atoms with van der Waals surface area (Å²) in [7, 11) is 1.62. The second-order valence-electron chi connectivity index (χ2n) is 6.47. The van der Waals surface area contributed by atoms with E-state index in [1.807, 2.05) is 45.0 Å². The third-order valence-corrected chi connectivity index (χ3v) is 5.25. The first-order valence-corrected chi connectivity index (χ1v) is 9.08. The third-order valence-electron chi connectivity index (χ3n) is 4.34. The van der Waals surface area contributed by atoms with Gasteiger partial charge in [-0.3, -0.25) is 4.79 Å². The Morgan fingerprint density at radius 2 is 2.16 bits per heavy atom. The largest absolute Gasteiger partial charge is 0.497 e. The van der Waals surface area contributed by atoms with E-state index >= 15 is 0 Å². The number of carbonyl (C=O) groups is 1. The van der Waals surface area contributed by atoms with Gasteiger partial charge in [-0.1, -0.05) is 25.6 Å². The summed E-state index contributed by atoms with van der Waals surface area (Å²) in [4.78, 5) is 16.8. The molecule has 1 aromatic carbocycles. The van der Waals surface area contributed by atoms with E-state index in [4.69, 9.17) is 4.74 Å². The molecular weight excluding hydrogens is 334 g/mol. The molecular formula is C19H23N3O2S. The molecule has 0 aliphatic carbocycles. The summed E-state index contributed by atoms with van der Waals surface area (Å²) >= 11 is 1.36. The zero-order valence-electron chi connectivity index (χ0n) is 15.2. The molecule has 1 unspecified atom stereocenters. The van der Waals surface area contributed by atoms with Gasteiger partial charge in [0.1, 0.15) is 11.3 Å². The van der Waals surface area contributed by atoms with Crippen LogP contribution in [0.2, 0.25) is 0 Å². The molecule has 5 nitrogen and oxygen atoms in total. The van der Waals surface area contributed by atoms with Crippen LogP contribution in [0.1, 0.15) is 26.3 Å². The van der Waals surface area contributed by atoms with Gasteiger partial charge in [0.05, 0.1) is 29.5 Å². The van der Waals surface area contributed by atoms with Crippen molar-refractivity contribution >= 4 is 28.6 Å². The number of hydrogen-bond acceptors (Lipinski definition) is 5. The second kappa shape index (κ2) is 7.75. The molecule has 25 heavy (non-hydrogen) atoms. The lowest BCUT2D eigenvalue weighted by Crippen LogP contribution is -2.49. The van der Waals surface area contributed by atoms with Gasteiger partial charge in [0, 0.05) is 11.5 Å². The van der Waals surface area contributed by atoms with Gasteiger partial charge >= 0.3 is 0 Å². The topological polar surface area (TPSA) is 75.0 Å². The van der Waals surface area contributed by atoms with Gasteiger partial charge in [0.15, 0.2) is 0 Å². The van der Waals surface area contributed by atoms with E-state index in [-0.39, 0.29) is 17.6 Å². The van der Waals surface area contributed by atoms with Crippen molar-refractivity contribution in [2.24, 2.45) is 5.92 Å². The number of carbonyl (C=O) groups excluding carboxylic acids is 1. The highest BCUT2D eigenvalue weighted by Gasteiger charge is 2.29. The van der Waals surface area contributed by atoms with Crippen LogP contribution in [0.4, 0.5) is 0 Å². The Morgan fingerprint density at radius 3 is 2.76 bits per heavy atom. The highest BCUT2D eigenvalue weighted by Crippen LogP contribution is 2.26. The van der Waals surface area contributed by atoms with Crippen molar-refractivity contribution < 1.29 is 9.53 Å². The van der Waals surface area contributed by atoms with Crippen molar-refractivity contribution in [3.8, 4) is 11.8 Å². The van der Waals surface area contributed by atoms with Crippen LogP contribution in [-0.2, 0) is 4.79 Å². The van der Waals surface area contributed by atoms with E-state index in [0.717, 1.165) is 27.2 Å². The second-order valence-corrected chi connectivity index (χ2v) is 7.46. The predicted octanol–water partition coefficient (Wildman–Crippen LogP) is 3.70. The average Bonchev–Trinajstić information content (AvgIpc) is 2.59. The lowest BCUT2D eigenvalue weighted by atomic mass is 9.90. The minimum absolute atomic E-state index is 0.0277. The third kappa shape index (κ3) is 4.43. The first-order valence-electron chi connectivity index (χ1n) is 8.09. The van der Waals surface area contributed by atoms with E-state index < -0.39 is 5.54 Å². The van der Waals surface area contributed by atoms with E-state index in [2.05, 4.69) is 16.4 Å². The molecule has 0 saturated carbocycles. The van der Waals surface area contributed by atoms with Crippen LogP contribution in [0.25, 0.3) is 10.9 Å². The Kier molecular flexibility index (Phi) is 5.91. The van der Waals surface area contributed by atoms with E-state index in [1.165, 1.54) is 11.8 Å². The predicted molar refractivity (Wildman–Crippen MR) is 101 cm³/mol. The van der Waals surface area contributed by atoms with Crippen molar-refractivity contribution in [2.45, 2.75) is 38.3 Å². The summed E-state index contributed by atoms with van der Waals surface area (Å²) < 4.78 is 5.25. The first-order chi connectivity index (χ1) is 11.8. The molecule has 0 radical (unpaired) electrons. The van der Waals surface area contributed by atoms with Crippen LogP contribution in [-0.4, -0.2) is 29.3 Å². The van der Waals surface area contributed by atoms with Crippen LogP contribution in [0.3, 0.4) is 0 Å². The highest BCUT2D eigenvalue weighted by molar-refractivity contribution is 7.99. The number of amides is 1. The molecule has 0 fully saturated rings. The molecule has 2 rings (SSSR count). The summed E-state index contributed by atoms with van der Waals surface area (Å²) in [6.45, 7) is 7.59. The van der Waals surface area contributed by atoms with Crippen molar-refractivity contribution in [2.75, 3.05) is 12.9 Å². The van der Waals surface area contributed by atoms with Gasteiger partial charge in [-0.05, 0) is 43.5 Å². The molecule has 1 atom stereocenters. The summed E-state index contributed by atoms with van der Waals surface area (Å²) in [6, 6.07) is 9.93. The number of aryl methyl sites for hydroxylation is 1. The van der Waals surface area contributed by atoms with Gasteiger partial charge in [-0.15, -0.1) is 0 Å². The van der Waals surface area contributed by atoms with Gasteiger partial charge in [0.25, 0.3) is 0 Å². The number of thioether (sulfide) groups is 1. The van der Waals surface area contributed by atoms with Crippen LogP contribution in [0.15, 0.2) is 29.3 Å². The average molecular weight is 357 g/mol. The minimum atomic E-state index is -0.863. The lowest BCUT2D eigenvalue weighted by Gasteiger charge is -2.27. The van der Waals surface area contributed by atoms with Crippen molar-refractivity contribution in [1.82, 2.24) is 10.3 Å². The molecule has 1 amide bonds. The molecule has 0 saturated heterocycles. The Balaban J connectivity index is 2.13. The summed E-state index contributed by atoms with van der Waals surface area (Å²) in [5.41, 5.74) is 1.07. The number of fused-ring (bicyclic) bond motifs is 1. The standard InChI is InChI=1S/C19H23N3O2S/c1-12(2)19(4,11-20)22-17(23)10-25-18-8-13(3)15-7-6-14(24-5)9-16(15)21-18/h6-9,12H,10H2,1-5H3,(H,22,23). The molecule has 0 aliphatic heterocycles. The van der Waals surface area contributed by atoms with Crippen LogP contribution in [0, 0.1) is 24.2 Å². The lowest BCUT2D eigenvalue weighted by molar-refractivity contribution is -0.120. The Labute approximate surface area is 152 Å². The molecule has 6 heteroatoms. The fourth-order valence-corrected chi connectivity index (χ4v) is 3.09. The van der Waals surface area contributed by atoms with Crippen LogP contribution >= 0.6 is 11.8 Å². The normalized spacial score (nSPS) is 13.3. The number of nitriles is 1. The Hall–Kier alpha value is -2.26. The van der Waals surface area contributed by atoms with Gasteiger partial charge in [-0.25, -0.2) is 4.98 Å². The molecule has 1 N–H and O–H groups in total. The maximum Gasteiger partial charge on any atom is 0.231 e. The molecule has 0 spiro atoms. The van der Waals surface area contributed by atoms with Crippen LogP contribution < -0.4 is 10.1 Å². The van der Waals surface area contributed by atoms with Gasteiger partial charge in [-0.2, -0.15) is 5.26 Å². The monoisotopic (exact) mass is 357 g/mol. The highest BCUT2D eigenvalue weighted by atomic mass is 32.2. The molecule has 1 heterocycles. The molecule has 0 aliphatic rings. The number of benzene rings is 1. The first kappa shape index (κ1) is 19.1. The maximum atomic E-state index is 12.2. The zero-order chi connectivity index (χ0) is 18.6. The fourth-order valence-electron chi connectivity index (χ4n) is 2.32. The fraction of sp³-hybridized carbons (Fsp3) is 0.421. The number of methoxy groups -OCH3 is 1. The Morgan fingerprint density at radius 1 is 1.44 bits per heavy atom. The van der Waals surface area contributed by atoms with Gasteiger partial charge in [0.2, 0.25) is 5.91 Å². The number of aromatic nitrogens is 1. The SMILES string of the molecule is COc1ccc2c(C)cc(SCC(=O)NC(C)(C#N)C(C)C)nc2c1. The quantitative estimate of drug-likeness (QED) is 0.798. The van der Waals surface area contributed by atoms with E-state index in [0.29, 0.717) is 0 Å². The summed E-state index contributed by atoms with van der Waals surface area (Å²) in [6.07, 6.45) is 0. The van der Waals surface area contributed by atoms with E-state index in [9.17, 15) is 10.1 Å². The number of nitrogens with zero attached hydrogens (tertiary/aromatic N) is 2. The Bertz CT molecular complexity index is 829. The number of pyridine rings is 1. The number of ether oxygens (including phenoxy) is 1. The number of nitrogens with one attached hydrogen (secondary N) is 1. The molecule has 132 valence electrons. The van der Waals surface area contributed by atoms with E-state index in [1.54, 1.807) is 14.0 Å². The molecule has 0 bridgehead atoms. The summed E-state index contributed by atoms with van der Waals surface area (Å²) in [5, 5.41) is 13.9. The zero-order valence-corrected chi connectivity index (χ0v) is 16.0. The maximum absolute atomic E-state index is 12.2. The van der Waals surface area contributed by atoms with Crippen molar-refractivity contribution in [3.63, 3.8) is 0 Å². The van der Waals surface area contributed by atoms with Crippen LogP contribution in [0.5, 0.6) is 5.75 Å². The number of hydrogen-bond donors (Lipinski definition) is 1. The van der Waals surface area contributed by atoms with Crippen molar-refractivity contribution in [1.29, 1.82) is 5.26 Å². The molecule has 2 aromatic rings. The minimum Gasteiger partial charge on any atom is -0.497 e. The molecule has 1 aromatic heterocycles. The number of rotatable bonds is 6. The van der Waals surface area contributed by atoms with Gasteiger partial charge < -0.3 is 10.1 Å². The smallest absolute Gasteiger partial charge is 0.231 e. The summed E-state index contributed by atoms with van der Waals surface area (Å²) in [5.74, 6) is 0.820. The van der Waals surface area contributed by atoms with Crippen molar-refractivity contribution in [3.05, 3.63) is 29.8 Å².